The number of benzene rings is 5. The van der Waals surface area contributed by atoms with Crippen LogP contribution >= 0.6 is 0 Å². The third kappa shape index (κ3) is 3.68. The van der Waals surface area contributed by atoms with Crippen molar-refractivity contribution in [3.63, 3.8) is 0 Å². The smallest absolute Gasteiger partial charge is 0.332 e. The highest BCUT2D eigenvalue weighted by Gasteiger charge is 2.45. The van der Waals surface area contributed by atoms with Crippen molar-refractivity contribution in [1.29, 1.82) is 0 Å². The summed E-state index contributed by atoms with van der Waals surface area (Å²) >= 11 is 0. The summed E-state index contributed by atoms with van der Waals surface area (Å²) in [7, 11) is 0. The Labute approximate surface area is 262 Å². The Morgan fingerprint density at radius 1 is 0.545 bits per heavy atom. The van der Waals surface area contributed by atoms with Crippen molar-refractivity contribution in [2.24, 2.45) is 0 Å². The van der Waals surface area contributed by atoms with Crippen LogP contribution in [0.1, 0.15) is 77.6 Å². The Morgan fingerprint density at radius 2 is 1.09 bits per heavy atom. The molecule has 1 aromatic heterocycles. The Bertz CT molecular complexity index is 2070. The van der Waals surface area contributed by atoms with Crippen LogP contribution in [-0.4, -0.2) is 11.4 Å². The van der Waals surface area contributed by atoms with Crippen molar-refractivity contribution in [2.45, 2.75) is 71.6 Å². The lowest BCUT2D eigenvalue weighted by molar-refractivity contribution is 0.582. The predicted molar refractivity (Wildman–Crippen MR) is 190 cm³/mol. The van der Waals surface area contributed by atoms with Crippen molar-refractivity contribution in [3.8, 4) is 5.69 Å². The lowest BCUT2D eigenvalue weighted by atomic mass is 9.46. The van der Waals surface area contributed by atoms with E-state index < -0.39 is 0 Å². The summed E-state index contributed by atoms with van der Waals surface area (Å²) in [5, 5.41) is 2.63. The number of fused-ring (bicyclic) bond motifs is 7. The first-order valence-electron chi connectivity index (χ1n) is 16.1. The van der Waals surface area contributed by atoms with Gasteiger partial charge < -0.3 is 9.38 Å². The van der Waals surface area contributed by atoms with Crippen molar-refractivity contribution in [1.82, 2.24) is 4.57 Å². The van der Waals surface area contributed by atoms with Crippen molar-refractivity contribution in [3.05, 3.63) is 125 Å². The van der Waals surface area contributed by atoms with Crippen LogP contribution in [0.5, 0.6) is 0 Å². The Morgan fingerprint density at radius 3 is 1.73 bits per heavy atom. The minimum atomic E-state index is -0.136. The van der Waals surface area contributed by atoms with Gasteiger partial charge in [-0.3, -0.25) is 0 Å². The van der Waals surface area contributed by atoms with Crippen LogP contribution in [0.4, 0.5) is 11.4 Å². The largest absolute Gasteiger partial charge is 0.376 e. The first-order valence-corrected chi connectivity index (χ1v) is 16.1. The van der Waals surface area contributed by atoms with Gasteiger partial charge in [0.05, 0.1) is 11.0 Å². The fraction of sp³-hybridized carbons (Fsp3) is 0.268. The van der Waals surface area contributed by atoms with Gasteiger partial charge >= 0.3 is 6.85 Å². The second-order valence-corrected chi connectivity index (χ2v) is 15.5. The van der Waals surface area contributed by atoms with Crippen LogP contribution in [0.25, 0.3) is 27.5 Å². The van der Waals surface area contributed by atoms with Crippen LogP contribution in [0, 0.1) is 0 Å². The minimum absolute atomic E-state index is 0.0192. The molecule has 0 saturated heterocycles. The van der Waals surface area contributed by atoms with E-state index >= 15 is 0 Å². The van der Waals surface area contributed by atoms with E-state index in [0.717, 1.165) is 0 Å². The molecule has 0 N–H and O–H groups in total. The molecule has 0 saturated carbocycles. The Hall–Kier alpha value is -4.24. The van der Waals surface area contributed by atoms with Gasteiger partial charge in [0.25, 0.3) is 0 Å². The van der Waals surface area contributed by atoms with E-state index in [1.165, 1.54) is 72.0 Å². The molecule has 2 aliphatic rings. The summed E-state index contributed by atoms with van der Waals surface area (Å²) in [5.41, 5.74) is 14.6. The molecule has 0 radical (unpaired) electrons. The van der Waals surface area contributed by atoms with E-state index in [0.29, 0.717) is 0 Å². The quantitative estimate of drug-likeness (QED) is 0.178. The van der Waals surface area contributed by atoms with E-state index in [4.69, 9.17) is 0 Å². The van der Waals surface area contributed by atoms with E-state index in [1.807, 2.05) is 0 Å². The molecule has 6 aromatic rings. The number of hydrogen-bond acceptors (Lipinski definition) is 1. The zero-order valence-electron chi connectivity index (χ0n) is 27.3. The molecule has 2 aliphatic heterocycles. The average Bonchev–Trinajstić information content (AvgIpc) is 3.33. The average molecular weight is 573 g/mol. The van der Waals surface area contributed by atoms with Gasteiger partial charge in [-0.25, -0.2) is 0 Å². The topological polar surface area (TPSA) is 8.17 Å². The first-order chi connectivity index (χ1) is 20.9. The molecular weight excluding hydrogens is 531 g/mol. The van der Waals surface area contributed by atoms with Crippen LogP contribution < -0.4 is 15.7 Å². The third-order valence-electron chi connectivity index (χ3n) is 10.3. The van der Waals surface area contributed by atoms with Crippen LogP contribution in [-0.2, 0) is 16.2 Å². The number of nitrogens with zero attached hydrogens (tertiary/aromatic N) is 2. The minimum Gasteiger partial charge on any atom is -0.376 e. The summed E-state index contributed by atoms with van der Waals surface area (Å²) < 4.78 is 2.51. The van der Waals surface area contributed by atoms with Crippen LogP contribution in [0.15, 0.2) is 103 Å². The number of anilines is 2. The second kappa shape index (κ2) is 8.91. The fourth-order valence-corrected chi connectivity index (χ4v) is 7.89. The Kier molecular flexibility index (Phi) is 5.53. The molecule has 5 aromatic carbocycles. The number of aromatic nitrogens is 1. The molecule has 0 fully saturated rings. The molecule has 0 unspecified atom stereocenters. The third-order valence-corrected chi connectivity index (χ3v) is 10.3. The normalized spacial score (nSPS) is 15.4. The number of para-hydroxylation sites is 3. The van der Waals surface area contributed by atoms with Gasteiger partial charge in [0.1, 0.15) is 0 Å². The maximum Gasteiger partial charge on any atom is 0.332 e. The lowest BCUT2D eigenvalue weighted by Crippen LogP contribution is -2.59. The van der Waals surface area contributed by atoms with E-state index in [-0.39, 0.29) is 23.1 Å². The van der Waals surface area contributed by atoms with Gasteiger partial charge in [-0.05, 0) is 68.3 Å². The summed E-state index contributed by atoms with van der Waals surface area (Å²) in [5.74, 6) is 0. The number of hydrogen-bond donors (Lipinski definition) is 0. The van der Waals surface area contributed by atoms with E-state index in [2.05, 4.69) is 168 Å². The Balaban J connectivity index is 1.52. The summed E-state index contributed by atoms with van der Waals surface area (Å²) in [6.45, 7) is 18.8. The molecule has 0 amide bonds. The number of rotatable bonds is 1. The molecular formula is C41H41BN2. The van der Waals surface area contributed by atoms with Crippen LogP contribution in [0.3, 0.4) is 0 Å². The molecule has 2 nitrogen and oxygen atoms in total. The molecule has 0 bridgehead atoms. The maximum absolute atomic E-state index is 2.70. The molecule has 0 spiro atoms. The molecule has 3 heteroatoms. The van der Waals surface area contributed by atoms with Crippen molar-refractivity contribution < 1.29 is 0 Å². The molecule has 0 atom stereocenters. The van der Waals surface area contributed by atoms with Gasteiger partial charge in [0.15, 0.2) is 0 Å². The molecule has 44 heavy (non-hydrogen) atoms. The molecule has 8 rings (SSSR count). The van der Waals surface area contributed by atoms with Gasteiger partial charge in [0.2, 0.25) is 0 Å². The first kappa shape index (κ1) is 27.3. The van der Waals surface area contributed by atoms with Gasteiger partial charge in [-0.2, -0.15) is 0 Å². The maximum atomic E-state index is 2.70. The summed E-state index contributed by atoms with van der Waals surface area (Å²) in [6, 6.07) is 39.5. The summed E-state index contributed by atoms with van der Waals surface area (Å²) in [6.07, 6.45) is 0. The van der Waals surface area contributed by atoms with E-state index in [1.54, 1.807) is 0 Å². The fourth-order valence-electron chi connectivity index (χ4n) is 7.89. The highest BCUT2D eigenvalue weighted by Crippen LogP contribution is 2.51. The zero-order chi connectivity index (χ0) is 30.8. The molecule has 0 aliphatic carbocycles. The highest BCUT2D eigenvalue weighted by molar-refractivity contribution is 6.92. The molecule has 218 valence electrons. The lowest BCUT2D eigenvalue weighted by Gasteiger charge is -2.47. The van der Waals surface area contributed by atoms with Gasteiger partial charge in [-0.15, -0.1) is 0 Å². The molecule has 3 heterocycles. The van der Waals surface area contributed by atoms with Crippen molar-refractivity contribution >= 4 is 51.0 Å². The highest BCUT2D eigenvalue weighted by atomic mass is 15.1. The second-order valence-electron chi connectivity index (χ2n) is 15.5. The zero-order valence-corrected chi connectivity index (χ0v) is 27.3. The van der Waals surface area contributed by atoms with E-state index in [9.17, 15) is 0 Å². The monoisotopic (exact) mass is 572 g/mol. The van der Waals surface area contributed by atoms with Crippen LogP contribution in [0.2, 0.25) is 0 Å². The van der Waals surface area contributed by atoms with Gasteiger partial charge in [0, 0.05) is 33.2 Å². The predicted octanol–water partition coefficient (Wildman–Crippen LogP) is 9.28. The summed E-state index contributed by atoms with van der Waals surface area (Å²) in [4.78, 5) is 2.70. The van der Waals surface area contributed by atoms with Crippen molar-refractivity contribution in [2.75, 3.05) is 4.81 Å². The van der Waals surface area contributed by atoms with Gasteiger partial charge in [-0.1, -0.05) is 134 Å². The standard InChI is InChI=1S/C41H41BN2/c1-39(2,3)26-20-22-30-36(24-26)44(37-25-27(40(4,5)6)21-23-31(37)41(30,7)8)42-32-16-10-12-19-35(32)43-34-18-11-9-14-28(34)29-15-13-17-33(42)38(29)43/h9-25H,1-8H3. The SMILES string of the molecule is CC(C)(C)c1ccc2c(c1)N(B1c3ccccc3-n3c4ccccc4c4cccc1c43)c1cc(C(C)(C)C)ccc1C2(C)C.